The maximum absolute atomic E-state index is 6.85. The van der Waals surface area contributed by atoms with Crippen molar-refractivity contribution < 1.29 is 19.2 Å². The van der Waals surface area contributed by atoms with Gasteiger partial charge in [0.1, 0.15) is 6.61 Å². The van der Waals surface area contributed by atoms with Crippen molar-refractivity contribution in [3.63, 3.8) is 0 Å². The number of rotatable bonds is 27. The van der Waals surface area contributed by atoms with Crippen LogP contribution in [0.1, 0.15) is 158 Å². The average molecular weight is 515 g/mol. The molecule has 0 aliphatic carbocycles. The molecule has 0 spiro atoms. The van der Waals surface area contributed by atoms with E-state index >= 15 is 0 Å². The number of hydrogen-bond acceptors (Lipinski definition) is 4. The molecule has 0 aromatic carbocycles. The highest BCUT2D eigenvalue weighted by atomic mass is 17.2. The molecule has 0 fully saturated rings. The smallest absolute Gasteiger partial charge is 0.111 e. The minimum absolute atomic E-state index is 0.212. The molecule has 0 N–H and O–H groups in total. The van der Waals surface area contributed by atoms with Gasteiger partial charge in [-0.05, 0) is 50.4 Å². The predicted octanol–water partition coefficient (Wildman–Crippen LogP) is 10.1. The first-order valence-electron chi connectivity index (χ1n) is 16.0. The molecule has 0 radical (unpaired) electrons. The Labute approximate surface area is 226 Å². The maximum atomic E-state index is 6.85. The van der Waals surface area contributed by atoms with E-state index in [-0.39, 0.29) is 11.2 Å². The number of ether oxygens (including phenoxy) is 2. The number of unbranched alkanes of at least 4 members (excludes halogenated alkanes) is 4. The van der Waals surface area contributed by atoms with E-state index in [1.54, 1.807) is 0 Å². The summed E-state index contributed by atoms with van der Waals surface area (Å²) in [7, 11) is 0. The fraction of sp³-hybridized carbons (Fsp3) is 1.00. The van der Waals surface area contributed by atoms with Crippen LogP contribution in [0.5, 0.6) is 0 Å². The lowest BCUT2D eigenvalue weighted by Crippen LogP contribution is -2.46. The third-order valence-electron chi connectivity index (χ3n) is 8.32. The van der Waals surface area contributed by atoms with E-state index in [4.69, 9.17) is 19.2 Å². The Morgan fingerprint density at radius 1 is 0.500 bits per heavy atom. The largest absolute Gasteiger partial charge is 0.372 e. The first-order valence-corrected chi connectivity index (χ1v) is 16.0. The zero-order valence-electron chi connectivity index (χ0n) is 25.9. The highest BCUT2D eigenvalue weighted by Gasteiger charge is 2.36. The Morgan fingerprint density at radius 2 is 0.972 bits per heavy atom. The second-order valence-electron chi connectivity index (χ2n) is 11.3. The normalized spacial score (nSPS) is 17.0. The average Bonchev–Trinajstić information content (AvgIpc) is 2.92. The van der Waals surface area contributed by atoms with Crippen LogP contribution in [0.3, 0.4) is 0 Å². The van der Waals surface area contributed by atoms with Crippen molar-refractivity contribution in [1.82, 2.24) is 0 Å². The zero-order chi connectivity index (χ0) is 27.1. The minimum Gasteiger partial charge on any atom is -0.372 e. The summed E-state index contributed by atoms with van der Waals surface area (Å²) in [6, 6.07) is 0. The van der Waals surface area contributed by atoms with Crippen LogP contribution in [0.25, 0.3) is 0 Å². The minimum atomic E-state index is -0.316. The first kappa shape index (κ1) is 35.8. The van der Waals surface area contributed by atoms with Gasteiger partial charge in [-0.3, -0.25) is 0 Å². The topological polar surface area (TPSA) is 36.9 Å². The first-order chi connectivity index (χ1) is 17.4. The standard InChI is InChI=1S/C32H66O4/c1-9-17-21-29(13-5)25-33-31(15-7,23-19-11-3)27-34-32(16-8,24-20-12-4)28-36-35-26-30(14-6)22-18-10-2/h29-30H,9-28H2,1-8H3. The Hall–Kier alpha value is -0.160. The van der Waals surface area contributed by atoms with Crippen molar-refractivity contribution in [1.29, 1.82) is 0 Å². The molecular formula is C32H66O4. The Kier molecular flexibility index (Phi) is 22.7. The monoisotopic (exact) mass is 514 g/mol. The van der Waals surface area contributed by atoms with E-state index in [0.717, 1.165) is 51.6 Å². The number of hydrogen-bond donors (Lipinski definition) is 0. The van der Waals surface area contributed by atoms with Crippen LogP contribution >= 0.6 is 0 Å². The summed E-state index contributed by atoms with van der Waals surface area (Å²) in [5, 5.41) is 0. The van der Waals surface area contributed by atoms with Crippen molar-refractivity contribution in [3.05, 3.63) is 0 Å². The van der Waals surface area contributed by atoms with Crippen molar-refractivity contribution in [3.8, 4) is 0 Å². The Morgan fingerprint density at radius 3 is 1.42 bits per heavy atom. The van der Waals surface area contributed by atoms with Crippen LogP contribution in [0.15, 0.2) is 0 Å². The summed E-state index contributed by atoms with van der Waals surface area (Å²) in [6.45, 7) is 20.8. The van der Waals surface area contributed by atoms with Crippen LogP contribution < -0.4 is 0 Å². The van der Waals surface area contributed by atoms with Crippen LogP contribution in [0.4, 0.5) is 0 Å². The van der Waals surface area contributed by atoms with Gasteiger partial charge in [-0.1, -0.05) is 120 Å². The van der Waals surface area contributed by atoms with Crippen LogP contribution in [0.2, 0.25) is 0 Å². The second-order valence-corrected chi connectivity index (χ2v) is 11.3. The molecule has 4 nitrogen and oxygen atoms in total. The van der Waals surface area contributed by atoms with Gasteiger partial charge in [0.15, 0.2) is 0 Å². The molecular weight excluding hydrogens is 448 g/mol. The van der Waals surface area contributed by atoms with E-state index in [1.807, 2.05) is 0 Å². The summed E-state index contributed by atoms with van der Waals surface area (Å²) in [5.74, 6) is 1.22. The molecule has 0 aromatic rings. The van der Waals surface area contributed by atoms with Crippen molar-refractivity contribution in [2.24, 2.45) is 11.8 Å². The van der Waals surface area contributed by atoms with Gasteiger partial charge in [-0.15, -0.1) is 0 Å². The molecule has 0 amide bonds. The predicted molar refractivity (Wildman–Crippen MR) is 156 cm³/mol. The van der Waals surface area contributed by atoms with Gasteiger partial charge < -0.3 is 9.47 Å². The molecule has 0 saturated heterocycles. The second kappa shape index (κ2) is 22.8. The molecule has 0 aliphatic heterocycles. The molecule has 0 rings (SSSR count). The third kappa shape index (κ3) is 15.3. The Balaban J connectivity index is 5.27. The highest BCUT2D eigenvalue weighted by molar-refractivity contribution is 4.85. The molecule has 0 aromatic heterocycles. The van der Waals surface area contributed by atoms with Gasteiger partial charge in [-0.25, -0.2) is 9.78 Å². The summed E-state index contributed by atoms with van der Waals surface area (Å²) in [6.07, 6.45) is 18.4. The van der Waals surface area contributed by atoms with Gasteiger partial charge in [-0.2, -0.15) is 0 Å². The molecule has 36 heavy (non-hydrogen) atoms. The van der Waals surface area contributed by atoms with Crippen molar-refractivity contribution in [2.45, 2.75) is 169 Å². The summed E-state index contributed by atoms with van der Waals surface area (Å²) < 4.78 is 13.6. The summed E-state index contributed by atoms with van der Waals surface area (Å²) >= 11 is 0. The summed E-state index contributed by atoms with van der Waals surface area (Å²) in [4.78, 5) is 11.6. The van der Waals surface area contributed by atoms with E-state index in [1.165, 1.54) is 57.8 Å². The molecule has 0 saturated carbocycles. The molecule has 4 heteroatoms. The molecule has 218 valence electrons. The van der Waals surface area contributed by atoms with E-state index < -0.39 is 0 Å². The molecule has 4 atom stereocenters. The molecule has 0 heterocycles. The lowest BCUT2D eigenvalue weighted by Gasteiger charge is -2.40. The van der Waals surface area contributed by atoms with Crippen molar-refractivity contribution >= 4 is 0 Å². The third-order valence-corrected chi connectivity index (χ3v) is 8.32. The zero-order valence-corrected chi connectivity index (χ0v) is 25.9. The molecule has 4 unspecified atom stereocenters. The SMILES string of the molecule is CCCCC(CC)COOCC(CC)(CCCC)OCC(CC)(CCCC)OCC(CC)CCCC. The van der Waals surface area contributed by atoms with Gasteiger partial charge in [0, 0.05) is 0 Å². The lowest BCUT2D eigenvalue weighted by atomic mass is 9.91. The fourth-order valence-electron chi connectivity index (χ4n) is 4.80. The summed E-state index contributed by atoms with van der Waals surface area (Å²) in [5.41, 5.74) is -0.528. The van der Waals surface area contributed by atoms with Crippen LogP contribution in [-0.2, 0) is 19.2 Å². The molecule has 0 bridgehead atoms. The van der Waals surface area contributed by atoms with E-state index in [2.05, 4.69) is 55.4 Å². The maximum Gasteiger partial charge on any atom is 0.111 e. The van der Waals surface area contributed by atoms with Crippen LogP contribution in [0, 0.1) is 11.8 Å². The quantitative estimate of drug-likeness (QED) is 0.0620. The molecule has 0 aliphatic rings. The van der Waals surface area contributed by atoms with Crippen LogP contribution in [-0.4, -0.2) is 37.6 Å². The fourth-order valence-corrected chi connectivity index (χ4v) is 4.80. The van der Waals surface area contributed by atoms with Gasteiger partial charge in [0.25, 0.3) is 0 Å². The van der Waals surface area contributed by atoms with E-state index in [0.29, 0.717) is 31.7 Å². The van der Waals surface area contributed by atoms with Gasteiger partial charge in [0.05, 0.1) is 31.0 Å². The lowest BCUT2D eigenvalue weighted by molar-refractivity contribution is -0.330. The van der Waals surface area contributed by atoms with E-state index in [9.17, 15) is 0 Å². The van der Waals surface area contributed by atoms with Crippen molar-refractivity contribution in [2.75, 3.05) is 26.4 Å². The van der Waals surface area contributed by atoms with Gasteiger partial charge >= 0.3 is 0 Å². The Bertz CT molecular complexity index is 471. The highest BCUT2D eigenvalue weighted by Crippen LogP contribution is 2.32. The van der Waals surface area contributed by atoms with Gasteiger partial charge in [0.2, 0.25) is 0 Å².